The lowest BCUT2D eigenvalue weighted by Gasteiger charge is -2.10. The van der Waals surface area contributed by atoms with E-state index in [-0.39, 0.29) is 17.7 Å². The zero-order chi connectivity index (χ0) is 13.8. The number of rotatable bonds is 5. The number of hydrogen-bond donors (Lipinski definition) is 2. The van der Waals surface area contributed by atoms with Crippen LogP contribution in [0.1, 0.15) is 22.7 Å². The predicted octanol–water partition coefficient (Wildman–Crippen LogP) is 1.90. The molecule has 102 valence electrons. The highest BCUT2D eigenvalue weighted by Crippen LogP contribution is 2.19. The molecule has 1 aromatic heterocycles. The van der Waals surface area contributed by atoms with Crippen molar-refractivity contribution in [3.05, 3.63) is 35.8 Å². The molecule has 2 atom stereocenters. The van der Waals surface area contributed by atoms with E-state index >= 15 is 0 Å². The molecule has 0 radical (unpaired) electrons. The summed E-state index contributed by atoms with van der Waals surface area (Å²) in [6.45, 7) is 0. The molecule has 5 nitrogen and oxygen atoms in total. The summed E-state index contributed by atoms with van der Waals surface area (Å²) >= 11 is 1.61. The van der Waals surface area contributed by atoms with Gasteiger partial charge in [0.05, 0.1) is 11.7 Å². The van der Waals surface area contributed by atoms with Gasteiger partial charge in [-0.05, 0) is 24.8 Å². The summed E-state index contributed by atoms with van der Waals surface area (Å²) in [6.07, 6.45) is 5.66. The van der Waals surface area contributed by atoms with E-state index in [1.54, 1.807) is 36.0 Å². The van der Waals surface area contributed by atoms with Crippen molar-refractivity contribution in [3.63, 3.8) is 0 Å². The summed E-state index contributed by atoms with van der Waals surface area (Å²) in [7, 11) is 0. The molecule has 0 saturated heterocycles. The van der Waals surface area contributed by atoms with Crippen LogP contribution in [0.3, 0.4) is 0 Å². The number of carbonyl (C=O) groups is 2. The molecule has 0 spiro atoms. The Morgan fingerprint density at radius 3 is 2.89 bits per heavy atom. The first-order valence-corrected chi connectivity index (χ1v) is 7.29. The Bertz CT molecular complexity index is 508. The largest absolute Gasteiger partial charge is 0.481 e. The monoisotopic (exact) mass is 281 g/mol. The molecule has 2 N–H and O–H groups in total. The lowest BCUT2D eigenvalue weighted by Crippen LogP contribution is -2.33. The molecule has 0 aliphatic heterocycles. The van der Waals surface area contributed by atoms with Gasteiger partial charge in [0.25, 0.3) is 5.91 Å². The van der Waals surface area contributed by atoms with Crippen LogP contribution in [0.15, 0.2) is 28.7 Å². The highest BCUT2D eigenvalue weighted by Gasteiger charge is 2.26. The Kier molecular flexibility index (Phi) is 4.31. The van der Waals surface area contributed by atoms with E-state index < -0.39 is 11.9 Å². The molecular formula is C13H15NO4S. The van der Waals surface area contributed by atoms with Gasteiger partial charge in [-0.3, -0.25) is 9.59 Å². The van der Waals surface area contributed by atoms with Gasteiger partial charge in [0.15, 0.2) is 5.76 Å². The van der Waals surface area contributed by atoms with Crippen LogP contribution in [0.25, 0.3) is 0 Å². The van der Waals surface area contributed by atoms with Crippen LogP contribution in [0.2, 0.25) is 0 Å². The van der Waals surface area contributed by atoms with Gasteiger partial charge in [0, 0.05) is 6.04 Å². The van der Waals surface area contributed by atoms with Gasteiger partial charge < -0.3 is 14.8 Å². The first kappa shape index (κ1) is 13.7. The highest BCUT2D eigenvalue weighted by molar-refractivity contribution is 7.97. The molecule has 0 fully saturated rings. The minimum absolute atomic E-state index is 0.247. The molecule has 1 heterocycles. The summed E-state index contributed by atoms with van der Waals surface area (Å²) in [4.78, 5) is 22.7. The number of carboxylic acid groups (broad SMARTS) is 1. The first-order valence-electron chi connectivity index (χ1n) is 5.90. The van der Waals surface area contributed by atoms with Crippen molar-refractivity contribution >= 4 is 23.6 Å². The molecule has 0 saturated carbocycles. The molecule has 6 heteroatoms. The van der Waals surface area contributed by atoms with E-state index in [9.17, 15) is 9.59 Å². The third kappa shape index (κ3) is 3.41. The van der Waals surface area contributed by atoms with E-state index in [0.29, 0.717) is 6.42 Å². The maximum atomic E-state index is 11.9. The third-order valence-electron chi connectivity index (χ3n) is 2.89. The summed E-state index contributed by atoms with van der Waals surface area (Å²) < 4.78 is 5.40. The second kappa shape index (κ2) is 5.97. The highest BCUT2D eigenvalue weighted by atomic mass is 32.2. The summed E-state index contributed by atoms with van der Waals surface area (Å²) in [5, 5.41) is 11.6. The van der Waals surface area contributed by atoms with Crippen molar-refractivity contribution in [3.8, 4) is 0 Å². The molecule has 0 aromatic carbocycles. The van der Waals surface area contributed by atoms with E-state index in [0.717, 1.165) is 11.5 Å². The van der Waals surface area contributed by atoms with Crippen molar-refractivity contribution in [1.29, 1.82) is 0 Å². The van der Waals surface area contributed by atoms with Crippen LogP contribution in [-0.4, -0.2) is 29.3 Å². The number of furan rings is 1. The van der Waals surface area contributed by atoms with Gasteiger partial charge in [-0.1, -0.05) is 12.2 Å². The number of carboxylic acids is 1. The maximum Gasteiger partial charge on any atom is 0.310 e. The lowest BCUT2D eigenvalue weighted by atomic mass is 10.1. The topological polar surface area (TPSA) is 79.5 Å². The minimum Gasteiger partial charge on any atom is -0.481 e. The molecule has 1 aliphatic rings. The van der Waals surface area contributed by atoms with Crippen LogP contribution in [0, 0.1) is 5.92 Å². The van der Waals surface area contributed by atoms with Gasteiger partial charge >= 0.3 is 5.97 Å². The normalized spacial score (nSPS) is 21.5. The molecular weight excluding hydrogens is 266 g/mol. The fourth-order valence-corrected chi connectivity index (χ4v) is 2.39. The van der Waals surface area contributed by atoms with Gasteiger partial charge in [0.2, 0.25) is 0 Å². The fraction of sp³-hybridized carbons (Fsp3) is 0.385. The van der Waals surface area contributed by atoms with Crippen LogP contribution in [0.4, 0.5) is 0 Å². The molecule has 0 bridgehead atoms. The second-order valence-corrected chi connectivity index (χ2v) is 5.21. The summed E-state index contributed by atoms with van der Waals surface area (Å²) in [5.74, 6) is 0.0343. The number of thioether (sulfide) groups is 1. The Morgan fingerprint density at radius 2 is 2.26 bits per heavy atom. The van der Waals surface area contributed by atoms with Crippen molar-refractivity contribution in [1.82, 2.24) is 5.32 Å². The molecule has 19 heavy (non-hydrogen) atoms. The van der Waals surface area contributed by atoms with Crippen molar-refractivity contribution in [2.24, 2.45) is 5.92 Å². The maximum absolute atomic E-state index is 11.9. The number of hydrogen-bond acceptors (Lipinski definition) is 4. The van der Waals surface area contributed by atoms with Crippen molar-refractivity contribution < 1.29 is 19.1 Å². The minimum atomic E-state index is -0.867. The van der Waals surface area contributed by atoms with Gasteiger partial charge in [0.1, 0.15) is 5.76 Å². The number of carbonyl (C=O) groups excluding carboxylic acids is 1. The lowest BCUT2D eigenvalue weighted by molar-refractivity contribution is -0.140. The number of aliphatic carboxylic acids is 1. The van der Waals surface area contributed by atoms with Gasteiger partial charge in [-0.25, -0.2) is 0 Å². The Balaban J connectivity index is 1.91. The zero-order valence-electron chi connectivity index (χ0n) is 10.5. The van der Waals surface area contributed by atoms with E-state index in [4.69, 9.17) is 9.52 Å². The second-order valence-electron chi connectivity index (χ2n) is 4.34. The van der Waals surface area contributed by atoms with E-state index in [2.05, 4.69) is 5.32 Å². The van der Waals surface area contributed by atoms with Crippen LogP contribution in [-0.2, 0) is 10.5 Å². The predicted molar refractivity (Wildman–Crippen MR) is 72.1 cm³/mol. The summed E-state index contributed by atoms with van der Waals surface area (Å²) in [5.41, 5.74) is 0. The van der Waals surface area contributed by atoms with Crippen LogP contribution in [0.5, 0.6) is 0 Å². The zero-order valence-corrected chi connectivity index (χ0v) is 11.3. The first-order chi connectivity index (χ1) is 9.10. The molecule has 1 amide bonds. The summed E-state index contributed by atoms with van der Waals surface area (Å²) in [6, 6.07) is 3.16. The Morgan fingerprint density at radius 1 is 1.47 bits per heavy atom. The van der Waals surface area contributed by atoms with Crippen molar-refractivity contribution in [2.45, 2.75) is 18.2 Å². The van der Waals surface area contributed by atoms with Crippen LogP contribution >= 0.6 is 11.8 Å². The Labute approximate surface area is 115 Å². The van der Waals surface area contributed by atoms with E-state index in [1.165, 1.54) is 0 Å². The quantitative estimate of drug-likeness (QED) is 0.806. The van der Waals surface area contributed by atoms with Gasteiger partial charge in [-0.2, -0.15) is 11.8 Å². The average Bonchev–Trinajstić information content (AvgIpc) is 2.98. The average molecular weight is 281 g/mol. The van der Waals surface area contributed by atoms with Crippen molar-refractivity contribution in [2.75, 3.05) is 6.26 Å². The smallest absolute Gasteiger partial charge is 0.310 e. The number of nitrogens with one attached hydrogen (secondary N) is 1. The fourth-order valence-electron chi connectivity index (χ4n) is 1.95. The molecule has 1 aliphatic carbocycles. The molecule has 2 rings (SSSR count). The standard InChI is InChI=1S/C13H15NO4S/c1-19-7-10-4-5-11(18-10)12(15)14-9-3-2-8(6-9)13(16)17/h2-5,8-9H,6-7H2,1H3,(H,14,15)(H,16,17). The molecule has 2 unspecified atom stereocenters. The Hall–Kier alpha value is -1.69. The molecule has 1 aromatic rings. The number of amides is 1. The third-order valence-corrected chi connectivity index (χ3v) is 3.46. The SMILES string of the molecule is CSCc1ccc(C(=O)NC2C=CC(C(=O)O)C2)o1. The van der Waals surface area contributed by atoms with Gasteiger partial charge in [-0.15, -0.1) is 0 Å². The van der Waals surface area contributed by atoms with Crippen LogP contribution < -0.4 is 5.32 Å². The van der Waals surface area contributed by atoms with E-state index in [1.807, 2.05) is 6.26 Å².